The number of fused-ring (bicyclic) bond motifs is 3. The summed E-state index contributed by atoms with van der Waals surface area (Å²) in [6, 6.07) is 5.41. The SMILES string of the molecule is CC1(C)Cc2[nH]cc(C(=O)Nc3ccccn3)c2-c2nccn21. The number of nitrogens with zero attached hydrogens (tertiary/aromatic N) is 3. The lowest BCUT2D eigenvalue weighted by Gasteiger charge is -2.32. The third-order valence-electron chi connectivity index (χ3n) is 4.24. The van der Waals surface area contributed by atoms with Crippen LogP contribution in [0.3, 0.4) is 0 Å². The number of H-pyrrole nitrogens is 1. The number of nitrogens with one attached hydrogen (secondary N) is 2. The number of imidazole rings is 1. The van der Waals surface area contributed by atoms with Gasteiger partial charge in [-0.15, -0.1) is 0 Å². The molecule has 4 rings (SSSR count). The molecule has 0 bridgehead atoms. The van der Waals surface area contributed by atoms with Gasteiger partial charge < -0.3 is 14.9 Å². The van der Waals surface area contributed by atoms with Gasteiger partial charge in [-0.05, 0) is 26.0 Å². The number of carbonyl (C=O) groups excluding carboxylic acids is 1. The summed E-state index contributed by atoms with van der Waals surface area (Å²) in [6.45, 7) is 4.32. The molecule has 0 aliphatic carbocycles. The summed E-state index contributed by atoms with van der Waals surface area (Å²) < 4.78 is 2.13. The normalized spacial score (nSPS) is 14.9. The van der Waals surface area contributed by atoms with Gasteiger partial charge in [0.15, 0.2) is 0 Å². The van der Waals surface area contributed by atoms with Gasteiger partial charge in [0.05, 0.1) is 11.1 Å². The zero-order chi connectivity index (χ0) is 16.0. The van der Waals surface area contributed by atoms with Crippen LogP contribution in [0, 0.1) is 0 Å². The van der Waals surface area contributed by atoms with Crippen LogP contribution in [0.25, 0.3) is 11.4 Å². The van der Waals surface area contributed by atoms with Gasteiger partial charge in [0.25, 0.3) is 5.91 Å². The lowest BCUT2D eigenvalue weighted by atomic mass is 9.90. The first-order valence-corrected chi connectivity index (χ1v) is 7.53. The highest BCUT2D eigenvalue weighted by Gasteiger charge is 2.34. The Labute approximate surface area is 133 Å². The fourth-order valence-electron chi connectivity index (χ4n) is 3.16. The van der Waals surface area contributed by atoms with Crippen molar-refractivity contribution in [2.75, 3.05) is 5.32 Å². The minimum atomic E-state index is -0.185. The van der Waals surface area contributed by atoms with Crippen LogP contribution in [-0.2, 0) is 12.0 Å². The lowest BCUT2D eigenvalue weighted by Crippen LogP contribution is -2.33. The Morgan fingerprint density at radius 3 is 2.96 bits per heavy atom. The standard InChI is InChI=1S/C17H17N5O/c1-17(2)9-12-14(15-19-7-8-22(15)17)11(10-20-12)16(23)21-13-5-3-4-6-18-13/h3-8,10,20H,9H2,1-2H3,(H,18,21,23). The molecule has 0 unspecified atom stereocenters. The van der Waals surface area contributed by atoms with Crippen molar-refractivity contribution in [3.05, 3.63) is 54.2 Å². The number of aromatic nitrogens is 4. The highest BCUT2D eigenvalue weighted by Crippen LogP contribution is 2.38. The van der Waals surface area contributed by atoms with Gasteiger partial charge in [0.2, 0.25) is 0 Å². The molecule has 0 fully saturated rings. The smallest absolute Gasteiger partial charge is 0.259 e. The third kappa shape index (κ3) is 2.14. The molecule has 3 aromatic heterocycles. The van der Waals surface area contributed by atoms with Crippen molar-refractivity contribution < 1.29 is 4.79 Å². The molecule has 1 amide bonds. The number of pyridine rings is 1. The topological polar surface area (TPSA) is 75.6 Å². The molecule has 3 aromatic rings. The number of anilines is 1. The van der Waals surface area contributed by atoms with Crippen LogP contribution < -0.4 is 5.32 Å². The minimum absolute atomic E-state index is 0.0710. The Morgan fingerprint density at radius 1 is 1.30 bits per heavy atom. The second-order valence-electron chi connectivity index (χ2n) is 6.34. The van der Waals surface area contributed by atoms with E-state index in [-0.39, 0.29) is 11.4 Å². The van der Waals surface area contributed by atoms with Crippen molar-refractivity contribution in [1.82, 2.24) is 19.5 Å². The van der Waals surface area contributed by atoms with Gasteiger partial charge in [-0.1, -0.05) is 6.07 Å². The van der Waals surface area contributed by atoms with E-state index in [0.717, 1.165) is 23.5 Å². The van der Waals surface area contributed by atoms with E-state index in [1.54, 1.807) is 24.7 Å². The molecule has 0 saturated heterocycles. The summed E-state index contributed by atoms with van der Waals surface area (Å²) in [7, 11) is 0. The molecule has 0 saturated carbocycles. The number of rotatable bonds is 2. The molecule has 0 aromatic carbocycles. The molecule has 116 valence electrons. The van der Waals surface area contributed by atoms with Crippen LogP contribution in [0.15, 0.2) is 43.0 Å². The Bertz CT molecular complexity index is 876. The van der Waals surface area contributed by atoms with Gasteiger partial charge in [0, 0.05) is 42.4 Å². The van der Waals surface area contributed by atoms with Gasteiger partial charge in [-0.2, -0.15) is 0 Å². The van der Waals surface area contributed by atoms with Crippen molar-refractivity contribution >= 4 is 11.7 Å². The average Bonchev–Trinajstić information content (AvgIpc) is 3.14. The minimum Gasteiger partial charge on any atom is -0.364 e. The van der Waals surface area contributed by atoms with E-state index in [2.05, 4.69) is 38.7 Å². The molecule has 23 heavy (non-hydrogen) atoms. The Balaban J connectivity index is 1.75. The summed E-state index contributed by atoms with van der Waals surface area (Å²) in [6.07, 6.45) is 7.97. The van der Waals surface area contributed by atoms with Gasteiger partial charge in [-0.25, -0.2) is 9.97 Å². The van der Waals surface area contributed by atoms with Crippen LogP contribution >= 0.6 is 0 Å². The molecule has 0 atom stereocenters. The molecule has 0 spiro atoms. The average molecular weight is 307 g/mol. The second-order valence-corrected chi connectivity index (χ2v) is 6.34. The second kappa shape index (κ2) is 4.81. The van der Waals surface area contributed by atoms with Crippen LogP contribution in [0.1, 0.15) is 29.9 Å². The molecule has 4 heterocycles. The van der Waals surface area contributed by atoms with E-state index in [9.17, 15) is 4.79 Å². The number of hydrogen-bond acceptors (Lipinski definition) is 3. The van der Waals surface area contributed by atoms with Crippen molar-refractivity contribution in [1.29, 1.82) is 0 Å². The highest BCUT2D eigenvalue weighted by atomic mass is 16.1. The first kappa shape index (κ1) is 13.8. The van der Waals surface area contributed by atoms with E-state index >= 15 is 0 Å². The quantitative estimate of drug-likeness (QED) is 0.764. The summed E-state index contributed by atoms with van der Waals surface area (Å²) in [5.74, 6) is 1.17. The van der Waals surface area contributed by atoms with Crippen molar-refractivity contribution in [2.24, 2.45) is 0 Å². The number of amides is 1. The summed E-state index contributed by atoms with van der Waals surface area (Å²) >= 11 is 0. The molecule has 6 heteroatoms. The maximum atomic E-state index is 12.6. The van der Waals surface area contributed by atoms with Crippen molar-refractivity contribution in [2.45, 2.75) is 25.8 Å². The van der Waals surface area contributed by atoms with E-state index in [1.165, 1.54) is 0 Å². The summed E-state index contributed by atoms with van der Waals surface area (Å²) in [5, 5.41) is 2.83. The van der Waals surface area contributed by atoms with E-state index < -0.39 is 0 Å². The van der Waals surface area contributed by atoms with Gasteiger partial charge >= 0.3 is 0 Å². The predicted molar refractivity (Wildman–Crippen MR) is 87.2 cm³/mol. The monoisotopic (exact) mass is 307 g/mol. The molecule has 1 aliphatic rings. The third-order valence-corrected chi connectivity index (χ3v) is 4.24. The molecule has 2 N–H and O–H groups in total. The van der Waals surface area contributed by atoms with E-state index in [4.69, 9.17) is 0 Å². The fourth-order valence-corrected chi connectivity index (χ4v) is 3.16. The van der Waals surface area contributed by atoms with Crippen LogP contribution in [0.4, 0.5) is 5.82 Å². The predicted octanol–water partition coefficient (Wildman–Crippen LogP) is 2.82. The largest absolute Gasteiger partial charge is 0.364 e. The van der Waals surface area contributed by atoms with Gasteiger partial charge in [-0.3, -0.25) is 4.79 Å². The molecular formula is C17H17N5O. The summed E-state index contributed by atoms with van der Waals surface area (Å²) in [5.41, 5.74) is 2.44. The number of aromatic amines is 1. The Kier molecular flexibility index (Phi) is 2.87. The van der Waals surface area contributed by atoms with Gasteiger partial charge in [0.1, 0.15) is 11.6 Å². The van der Waals surface area contributed by atoms with Crippen LogP contribution in [0.5, 0.6) is 0 Å². The molecule has 0 radical (unpaired) electrons. The first-order chi connectivity index (χ1) is 11.1. The first-order valence-electron chi connectivity index (χ1n) is 7.53. The van der Waals surface area contributed by atoms with E-state index in [0.29, 0.717) is 11.4 Å². The van der Waals surface area contributed by atoms with Crippen LogP contribution in [-0.4, -0.2) is 25.4 Å². The zero-order valence-corrected chi connectivity index (χ0v) is 13.0. The Hall–Kier alpha value is -2.89. The fraction of sp³-hybridized carbons (Fsp3) is 0.235. The highest BCUT2D eigenvalue weighted by molar-refractivity contribution is 6.08. The summed E-state index contributed by atoms with van der Waals surface area (Å²) in [4.78, 5) is 24.5. The lowest BCUT2D eigenvalue weighted by molar-refractivity contribution is 0.102. The van der Waals surface area contributed by atoms with Crippen molar-refractivity contribution in [3.63, 3.8) is 0 Å². The maximum Gasteiger partial charge on any atom is 0.259 e. The zero-order valence-electron chi connectivity index (χ0n) is 13.0. The molecule has 6 nitrogen and oxygen atoms in total. The van der Waals surface area contributed by atoms with Crippen molar-refractivity contribution in [3.8, 4) is 11.4 Å². The van der Waals surface area contributed by atoms with E-state index in [1.807, 2.05) is 18.3 Å². The molecular weight excluding hydrogens is 290 g/mol. The molecule has 1 aliphatic heterocycles. The van der Waals surface area contributed by atoms with Crippen LogP contribution in [0.2, 0.25) is 0 Å². The maximum absolute atomic E-state index is 12.6. The Morgan fingerprint density at radius 2 is 2.17 bits per heavy atom. The number of hydrogen-bond donors (Lipinski definition) is 2. The number of carbonyl (C=O) groups is 1.